The third-order valence-electron chi connectivity index (χ3n) is 4.27. The number of aryl methyl sites for hydroxylation is 2. The fraction of sp³-hybridized carbons (Fsp3) is 0.444. The van der Waals surface area contributed by atoms with Crippen molar-refractivity contribution in [3.8, 4) is 0 Å². The van der Waals surface area contributed by atoms with Crippen LogP contribution in [0.4, 0.5) is 5.95 Å². The SMILES string of the molecule is Cc1cc(C)cc(C(O)CN2CCN(c3ncccn3)CC2)c1. The standard InChI is InChI=1S/C18H24N4O/c1-14-10-15(2)12-16(11-14)17(23)13-21-6-8-22(9-7-21)18-19-4-3-5-20-18/h3-5,10-12,17,23H,6-9,13H2,1-2H3. The predicted molar refractivity (Wildman–Crippen MR) is 91.6 cm³/mol. The maximum Gasteiger partial charge on any atom is 0.225 e. The van der Waals surface area contributed by atoms with E-state index in [1.54, 1.807) is 12.4 Å². The molecule has 2 aromatic rings. The normalized spacial score (nSPS) is 17.3. The summed E-state index contributed by atoms with van der Waals surface area (Å²) in [5, 5.41) is 10.5. The Morgan fingerprint density at radius 2 is 1.61 bits per heavy atom. The zero-order chi connectivity index (χ0) is 16.2. The van der Waals surface area contributed by atoms with Crippen molar-refractivity contribution in [1.82, 2.24) is 14.9 Å². The van der Waals surface area contributed by atoms with Gasteiger partial charge in [0, 0.05) is 45.1 Å². The van der Waals surface area contributed by atoms with Crippen LogP contribution in [0.1, 0.15) is 22.8 Å². The van der Waals surface area contributed by atoms with Gasteiger partial charge in [0.05, 0.1) is 6.10 Å². The second-order valence-electron chi connectivity index (χ2n) is 6.27. The molecule has 3 rings (SSSR count). The number of anilines is 1. The quantitative estimate of drug-likeness (QED) is 0.935. The number of aliphatic hydroxyl groups excluding tert-OH is 1. The highest BCUT2D eigenvalue weighted by atomic mass is 16.3. The number of hydrogen-bond donors (Lipinski definition) is 1. The van der Waals surface area contributed by atoms with E-state index in [9.17, 15) is 5.11 Å². The fourth-order valence-electron chi connectivity index (χ4n) is 3.14. The van der Waals surface area contributed by atoms with Gasteiger partial charge in [-0.1, -0.05) is 29.3 Å². The highest BCUT2D eigenvalue weighted by Crippen LogP contribution is 2.19. The number of aliphatic hydroxyl groups is 1. The molecule has 1 aromatic heterocycles. The van der Waals surface area contributed by atoms with E-state index in [2.05, 4.69) is 51.8 Å². The van der Waals surface area contributed by atoms with Crippen molar-refractivity contribution < 1.29 is 5.11 Å². The molecule has 1 saturated heterocycles. The molecule has 0 radical (unpaired) electrons. The predicted octanol–water partition coefficient (Wildman–Crippen LogP) is 1.95. The van der Waals surface area contributed by atoms with Crippen LogP contribution < -0.4 is 4.90 Å². The van der Waals surface area contributed by atoms with Crippen molar-refractivity contribution in [3.63, 3.8) is 0 Å². The van der Waals surface area contributed by atoms with E-state index in [1.807, 2.05) is 6.07 Å². The van der Waals surface area contributed by atoms with Crippen molar-refractivity contribution >= 4 is 5.95 Å². The summed E-state index contributed by atoms with van der Waals surface area (Å²) in [6, 6.07) is 8.12. The van der Waals surface area contributed by atoms with Crippen LogP contribution in [-0.2, 0) is 0 Å². The van der Waals surface area contributed by atoms with E-state index in [1.165, 1.54) is 11.1 Å². The van der Waals surface area contributed by atoms with Crippen LogP contribution in [0, 0.1) is 13.8 Å². The molecule has 1 atom stereocenters. The fourth-order valence-corrected chi connectivity index (χ4v) is 3.14. The van der Waals surface area contributed by atoms with Crippen LogP contribution in [0.15, 0.2) is 36.7 Å². The average Bonchev–Trinajstić information content (AvgIpc) is 2.55. The lowest BCUT2D eigenvalue weighted by atomic mass is 10.0. The van der Waals surface area contributed by atoms with Crippen LogP contribution in [0.3, 0.4) is 0 Å². The zero-order valence-corrected chi connectivity index (χ0v) is 13.8. The Morgan fingerprint density at radius 1 is 1.00 bits per heavy atom. The minimum atomic E-state index is -0.437. The molecular formula is C18H24N4O. The number of piperazine rings is 1. The van der Waals surface area contributed by atoms with Gasteiger partial charge in [-0.2, -0.15) is 0 Å². The Labute approximate surface area is 137 Å². The van der Waals surface area contributed by atoms with E-state index in [0.29, 0.717) is 6.54 Å². The summed E-state index contributed by atoms with van der Waals surface area (Å²) in [5.41, 5.74) is 3.41. The molecule has 0 amide bonds. The minimum absolute atomic E-state index is 0.437. The molecule has 1 unspecified atom stereocenters. The molecule has 0 bridgehead atoms. The van der Waals surface area contributed by atoms with Crippen LogP contribution in [0.25, 0.3) is 0 Å². The number of aromatic nitrogens is 2. The molecule has 0 saturated carbocycles. The molecule has 1 aliphatic heterocycles. The molecule has 5 heteroatoms. The Bertz CT molecular complexity index is 618. The summed E-state index contributed by atoms with van der Waals surface area (Å²) in [7, 11) is 0. The molecule has 1 N–H and O–H groups in total. The zero-order valence-electron chi connectivity index (χ0n) is 13.8. The van der Waals surface area contributed by atoms with Crippen molar-refractivity contribution in [2.75, 3.05) is 37.6 Å². The lowest BCUT2D eigenvalue weighted by molar-refractivity contribution is 0.109. The van der Waals surface area contributed by atoms with Gasteiger partial charge in [0.1, 0.15) is 0 Å². The van der Waals surface area contributed by atoms with Crippen LogP contribution in [0.2, 0.25) is 0 Å². The summed E-state index contributed by atoms with van der Waals surface area (Å²) in [4.78, 5) is 13.1. The monoisotopic (exact) mass is 312 g/mol. The van der Waals surface area contributed by atoms with Gasteiger partial charge in [0.15, 0.2) is 0 Å². The topological polar surface area (TPSA) is 52.5 Å². The average molecular weight is 312 g/mol. The molecule has 5 nitrogen and oxygen atoms in total. The minimum Gasteiger partial charge on any atom is -0.387 e. The molecule has 1 fully saturated rings. The Morgan fingerprint density at radius 3 is 2.22 bits per heavy atom. The number of nitrogens with zero attached hydrogens (tertiary/aromatic N) is 4. The van der Waals surface area contributed by atoms with Crippen LogP contribution in [-0.4, -0.2) is 52.7 Å². The Balaban J connectivity index is 1.56. The third-order valence-corrected chi connectivity index (χ3v) is 4.27. The highest BCUT2D eigenvalue weighted by molar-refractivity contribution is 5.31. The van der Waals surface area contributed by atoms with Gasteiger partial charge in [-0.3, -0.25) is 4.90 Å². The maximum atomic E-state index is 10.5. The molecule has 0 aliphatic carbocycles. The third kappa shape index (κ3) is 4.06. The maximum absolute atomic E-state index is 10.5. The second-order valence-corrected chi connectivity index (χ2v) is 6.27. The van der Waals surface area contributed by atoms with Gasteiger partial charge in [0.2, 0.25) is 5.95 Å². The lowest BCUT2D eigenvalue weighted by Crippen LogP contribution is -2.48. The molecule has 2 heterocycles. The van der Waals surface area contributed by atoms with Crippen molar-refractivity contribution in [1.29, 1.82) is 0 Å². The number of benzene rings is 1. The number of hydrogen-bond acceptors (Lipinski definition) is 5. The van der Waals surface area contributed by atoms with E-state index < -0.39 is 6.10 Å². The molecule has 0 spiro atoms. The lowest BCUT2D eigenvalue weighted by Gasteiger charge is -2.35. The van der Waals surface area contributed by atoms with E-state index in [0.717, 1.165) is 37.7 Å². The van der Waals surface area contributed by atoms with Gasteiger partial charge < -0.3 is 10.0 Å². The second kappa shape index (κ2) is 7.06. The summed E-state index contributed by atoms with van der Waals surface area (Å²) in [6.07, 6.45) is 3.12. The number of rotatable bonds is 4. The van der Waals surface area contributed by atoms with E-state index in [4.69, 9.17) is 0 Å². The number of β-amino-alcohol motifs (C(OH)–C–C–N with tert-alkyl or cyclic N) is 1. The summed E-state index contributed by atoms with van der Waals surface area (Å²) in [5.74, 6) is 0.794. The van der Waals surface area contributed by atoms with Crippen molar-refractivity contribution in [2.45, 2.75) is 20.0 Å². The van der Waals surface area contributed by atoms with E-state index >= 15 is 0 Å². The summed E-state index contributed by atoms with van der Waals surface area (Å²) >= 11 is 0. The molecule has 23 heavy (non-hydrogen) atoms. The first-order chi connectivity index (χ1) is 11.1. The van der Waals surface area contributed by atoms with Gasteiger partial charge in [-0.05, 0) is 25.5 Å². The Hall–Kier alpha value is -1.98. The molecular weight excluding hydrogens is 288 g/mol. The summed E-state index contributed by atoms with van der Waals surface area (Å²) < 4.78 is 0. The van der Waals surface area contributed by atoms with Crippen LogP contribution in [0.5, 0.6) is 0 Å². The highest BCUT2D eigenvalue weighted by Gasteiger charge is 2.21. The largest absolute Gasteiger partial charge is 0.387 e. The van der Waals surface area contributed by atoms with E-state index in [-0.39, 0.29) is 0 Å². The summed E-state index contributed by atoms with van der Waals surface area (Å²) in [6.45, 7) is 8.43. The Kier molecular flexibility index (Phi) is 4.88. The first-order valence-electron chi connectivity index (χ1n) is 8.12. The first-order valence-corrected chi connectivity index (χ1v) is 8.12. The van der Waals surface area contributed by atoms with Crippen LogP contribution >= 0.6 is 0 Å². The van der Waals surface area contributed by atoms with Gasteiger partial charge in [0.25, 0.3) is 0 Å². The smallest absolute Gasteiger partial charge is 0.225 e. The van der Waals surface area contributed by atoms with Crippen molar-refractivity contribution in [2.24, 2.45) is 0 Å². The van der Waals surface area contributed by atoms with Gasteiger partial charge in [-0.25, -0.2) is 9.97 Å². The van der Waals surface area contributed by atoms with Gasteiger partial charge >= 0.3 is 0 Å². The molecule has 1 aliphatic rings. The molecule has 122 valence electrons. The van der Waals surface area contributed by atoms with Gasteiger partial charge in [-0.15, -0.1) is 0 Å². The van der Waals surface area contributed by atoms with Crippen molar-refractivity contribution in [3.05, 3.63) is 53.3 Å². The molecule has 1 aromatic carbocycles. The first kappa shape index (κ1) is 15.9.